The van der Waals surface area contributed by atoms with E-state index in [4.69, 9.17) is 13.0 Å². The minimum absolute atomic E-state index is 0.0112. The van der Waals surface area contributed by atoms with E-state index in [1.807, 2.05) is 0 Å². The zero-order valence-electron chi connectivity index (χ0n) is 8.01. The van der Waals surface area contributed by atoms with Crippen molar-refractivity contribution in [1.82, 2.24) is 0 Å². The number of halogens is 3. The zero-order chi connectivity index (χ0) is 11.5. The second kappa shape index (κ2) is 4.70. The maximum atomic E-state index is 12.5. The minimum Gasteiger partial charge on any atom is -0.396 e. The van der Waals surface area contributed by atoms with Crippen LogP contribution >= 0.6 is 0 Å². The molecule has 1 aromatic carbocycles. The van der Waals surface area contributed by atoms with Gasteiger partial charge in [-0.1, -0.05) is 24.0 Å². The van der Waals surface area contributed by atoms with Crippen molar-refractivity contribution in [2.45, 2.75) is 18.9 Å². The third-order valence-corrected chi connectivity index (χ3v) is 2.09. The molecule has 1 nitrogen and oxygen atoms in total. The summed E-state index contributed by atoms with van der Waals surface area (Å²) in [6.07, 6.45) is -4.20. The fourth-order valence-electron chi connectivity index (χ4n) is 1.38. The van der Waals surface area contributed by atoms with Crippen LogP contribution in [0.2, 0.25) is 0 Å². The molecule has 0 atom stereocenters. The lowest BCUT2D eigenvalue weighted by Gasteiger charge is -2.13. The van der Waals surface area contributed by atoms with Gasteiger partial charge in [0, 0.05) is 6.61 Å². The maximum absolute atomic E-state index is 12.5. The lowest BCUT2D eigenvalue weighted by molar-refractivity contribution is -0.138. The molecule has 0 aromatic heterocycles. The molecular weight excluding hydrogens is 204 g/mol. The van der Waals surface area contributed by atoms with Crippen molar-refractivity contribution in [3.8, 4) is 0 Å². The van der Waals surface area contributed by atoms with Crippen molar-refractivity contribution in [1.29, 1.82) is 0 Å². The molecule has 0 unspecified atom stereocenters. The number of rotatable bonds is 3. The smallest absolute Gasteiger partial charge is 0.396 e. The minimum atomic E-state index is -4.38. The van der Waals surface area contributed by atoms with Gasteiger partial charge in [-0.15, -0.1) is 0 Å². The van der Waals surface area contributed by atoms with Crippen molar-refractivity contribution >= 4 is 7.85 Å². The summed E-state index contributed by atoms with van der Waals surface area (Å²) in [5.41, 5.74) is 0.0214. The van der Waals surface area contributed by atoms with Crippen LogP contribution in [0.5, 0.6) is 0 Å². The van der Waals surface area contributed by atoms with Gasteiger partial charge in [0.1, 0.15) is 0 Å². The molecule has 1 N–H and O–H groups in total. The van der Waals surface area contributed by atoms with Crippen LogP contribution in [0.25, 0.3) is 0 Å². The van der Waals surface area contributed by atoms with Gasteiger partial charge in [-0.3, -0.25) is 0 Å². The highest BCUT2D eigenvalue weighted by Gasteiger charge is 2.32. The first-order valence-corrected chi connectivity index (χ1v) is 4.49. The molecule has 0 saturated heterocycles. The molecule has 0 spiro atoms. The first-order chi connectivity index (χ1) is 6.99. The lowest BCUT2D eigenvalue weighted by atomic mass is 9.92. The summed E-state index contributed by atoms with van der Waals surface area (Å²) in [6, 6.07) is 3.75. The van der Waals surface area contributed by atoms with Crippen molar-refractivity contribution in [3.63, 3.8) is 0 Å². The molecule has 2 radical (unpaired) electrons. The molecule has 0 amide bonds. The molecule has 0 bridgehead atoms. The maximum Gasteiger partial charge on any atom is 0.416 e. The highest BCUT2D eigenvalue weighted by atomic mass is 19.4. The molecule has 0 aliphatic heterocycles. The van der Waals surface area contributed by atoms with Gasteiger partial charge >= 0.3 is 6.18 Å². The van der Waals surface area contributed by atoms with Crippen molar-refractivity contribution in [3.05, 3.63) is 34.9 Å². The Hall–Kier alpha value is -0.965. The van der Waals surface area contributed by atoms with Gasteiger partial charge in [-0.25, -0.2) is 0 Å². The Morgan fingerprint density at radius 1 is 1.27 bits per heavy atom. The predicted octanol–water partition coefficient (Wildman–Crippen LogP) is 1.91. The Balaban J connectivity index is 3.15. The van der Waals surface area contributed by atoms with E-state index in [9.17, 15) is 13.2 Å². The second-order valence-corrected chi connectivity index (χ2v) is 3.17. The van der Waals surface area contributed by atoms with Crippen LogP contribution in [0.1, 0.15) is 16.7 Å². The van der Waals surface area contributed by atoms with Crippen molar-refractivity contribution in [2.24, 2.45) is 0 Å². The molecule has 1 rings (SSSR count). The molecular formula is C10H10BF3O. The van der Waals surface area contributed by atoms with Gasteiger partial charge in [-0.05, 0) is 18.1 Å². The van der Waals surface area contributed by atoms with Crippen LogP contribution < -0.4 is 0 Å². The van der Waals surface area contributed by atoms with Crippen molar-refractivity contribution < 1.29 is 18.3 Å². The van der Waals surface area contributed by atoms with Gasteiger partial charge in [-0.2, -0.15) is 13.2 Å². The number of aliphatic hydroxyl groups excluding tert-OH is 1. The standard InChI is InChI=1S/C10H10BF3O/c11-6-7-1-2-9(10(12,13)14)8(5-7)3-4-15/h1-2,5,15H,3-4,6H2. The van der Waals surface area contributed by atoms with E-state index in [0.29, 0.717) is 5.56 Å². The van der Waals surface area contributed by atoms with E-state index >= 15 is 0 Å². The van der Waals surface area contributed by atoms with Gasteiger partial charge in [0.15, 0.2) is 0 Å². The molecule has 0 heterocycles. The van der Waals surface area contributed by atoms with Crippen LogP contribution in [-0.2, 0) is 18.9 Å². The van der Waals surface area contributed by atoms with E-state index in [1.165, 1.54) is 12.1 Å². The molecule has 0 saturated carbocycles. The molecule has 0 aliphatic rings. The van der Waals surface area contributed by atoms with E-state index in [2.05, 4.69) is 0 Å². The van der Waals surface area contributed by atoms with Gasteiger partial charge in [0.05, 0.1) is 13.4 Å². The largest absolute Gasteiger partial charge is 0.416 e. The topological polar surface area (TPSA) is 20.2 Å². The first-order valence-electron chi connectivity index (χ1n) is 4.49. The number of hydrogen-bond donors (Lipinski definition) is 1. The second-order valence-electron chi connectivity index (χ2n) is 3.17. The Labute approximate surface area is 87.3 Å². The van der Waals surface area contributed by atoms with Crippen LogP contribution in [0, 0.1) is 0 Å². The Morgan fingerprint density at radius 3 is 2.40 bits per heavy atom. The summed E-state index contributed by atoms with van der Waals surface area (Å²) in [4.78, 5) is 0. The van der Waals surface area contributed by atoms with Crippen LogP contribution in [0.4, 0.5) is 13.2 Å². The normalized spacial score (nSPS) is 11.7. The predicted molar refractivity (Wildman–Crippen MR) is 51.7 cm³/mol. The highest BCUT2D eigenvalue weighted by molar-refractivity contribution is 6.08. The summed E-state index contributed by atoms with van der Waals surface area (Å²) < 4.78 is 37.5. The average Bonchev–Trinajstić information content (AvgIpc) is 2.16. The van der Waals surface area contributed by atoms with Gasteiger partial charge in [0.2, 0.25) is 0 Å². The molecule has 80 valence electrons. The van der Waals surface area contributed by atoms with E-state index < -0.39 is 11.7 Å². The monoisotopic (exact) mass is 214 g/mol. The zero-order valence-corrected chi connectivity index (χ0v) is 8.01. The van der Waals surface area contributed by atoms with E-state index in [0.717, 1.165) is 6.07 Å². The quantitative estimate of drug-likeness (QED) is 0.762. The molecule has 0 aliphatic carbocycles. The molecule has 5 heteroatoms. The molecule has 15 heavy (non-hydrogen) atoms. The Kier molecular flexibility index (Phi) is 3.80. The molecule has 1 aromatic rings. The number of aliphatic hydroxyl groups is 1. The third-order valence-electron chi connectivity index (χ3n) is 2.09. The number of hydrogen-bond acceptors (Lipinski definition) is 1. The Bertz CT molecular complexity index is 336. The first kappa shape index (κ1) is 12.1. The summed E-state index contributed by atoms with van der Waals surface area (Å²) in [5, 5.41) is 8.67. The highest BCUT2D eigenvalue weighted by Crippen LogP contribution is 2.32. The van der Waals surface area contributed by atoms with E-state index in [1.54, 1.807) is 0 Å². The van der Waals surface area contributed by atoms with Crippen LogP contribution in [-0.4, -0.2) is 19.6 Å². The summed E-state index contributed by atoms with van der Waals surface area (Å²) in [6.45, 7) is -0.308. The number of alkyl halides is 3. The molecule has 0 fully saturated rings. The van der Waals surface area contributed by atoms with Crippen LogP contribution in [0.3, 0.4) is 0 Å². The van der Waals surface area contributed by atoms with Gasteiger partial charge in [0.25, 0.3) is 0 Å². The summed E-state index contributed by atoms with van der Waals surface area (Å²) >= 11 is 0. The Morgan fingerprint density at radius 2 is 1.93 bits per heavy atom. The van der Waals surface area contributed by atoms with E-state index in [-0.39, 0.29) is 24.9 Å². The number of benzene rings is 1. The summed E-state index contributed by atoms with van der Waals surface area (Å²) in [7, 11) is 5.33. The SMILES string of the molecule is [B]Cc1ccc(C(F)(F)F)c(CCO)c1. The lowest BCUT2D eigenvalue weighted by Crippen LogP contribution is -2.10. The summed E-state index contributed by atoms with van der Waals surface area (Å²) in [5.74, 6) is 0. The fourth-order valence-corrected chi connectivity index (χ4v) is 1.38. The fraction of sp³-hybridized carbons (Fsp3) is 0.400. The third kappa shape index (κ3) is 2.99. The van der Waals surface area contributed by atoms with Crippen molar-refractivity contribution in [2.75, 3.05) is 6.61 Å². The average molecular weight is 214 g/mol. The van der Waals surface area contributed by atoms with Gasteiger partial charge < -0.3 is 5.11 Å². The van der Waals surface area contributed by atoms with Crippen LogP contribution in [0.15, 0.2) is 18.2 Å².